The lowest BCUT2D eigenvalue weighted by Gasteiger charge is -2.09. The number of aryl methyl sites for hydroxylation is 1. The largest absolute Gasteiger partial charge is 0.356 e. The van der Waals surface area contributed by atoms with E-state index >= 15 is 0 Å². The van der Waals surface area contributed by atoms with Gasteiger partial charge in [0.2, 0.25) is 5.91 Å². The fourth-order valence-electron chi connectivity index (χ4n) is 2.86. The van der Waals surface area contributed by atoms with Gasteiger partial charge in [-0.15, -0.1) is 11.3 Å². The molecule has 1 N–H and O–H groups in total. The van der Waals surface area contributed by atoms with Gasteiger partial charge in [-0.3, -0.25) is 4.79 Å². The molecule has 0 saturated carbocycles. The molecule has 1 aliphatic rings. The van der Waals surface area contributed by atoms with Crippen molar-refractivity contribution in [2.45, 2.75) is 32.6 Å². The Labute approximate surface area is 141 Å². The van der Waals surface area contributed by atoms with E-state index in [-0.39, 0.29) is 5.91 Å². The Balaban J connectivity index is 1.45. The van der Waals surface area contributed by atoms with Crippen LogP contribution < -0.4 is 5.32 Å². The second-order valence-electron chi connectivity index (χ2n) is 6.02. The summed E-state index contributed by atoms with van der Waals surface area (Å²) in [5.41, 5.74) is 3.42. The van der Waals surface area contributed by atoms with Gasteiger partial charge in [0.25, 0.3) is 0 Å². The molecule has 2 aromatic rings. The van der Waals surface area contributed by atoms with Crippen LogP contribution in [0.25, 0.3) is 11.3 Å². The van der Waals surface area contributed by atoms with E-state index in [0.29, 0.717) is 18.9 Å². The van der Waals surface area contributed by atoms with Crippen LogP contribution in [0.5, 0.6) is 0 Å². The van der Waals surface area contributed by atoms with Gasteiger partial charge < -0.3 is 5.32 Å². The molecule has 3 nitrogen and oxygen atoms in total. The number of carbonyl (C=O) groups excluding carboxylic acids is 1. The number of rotatable bonds is 6. The third-order valence-corrected chi connectivity index (χ3v) is 4.94. The van der Waals surface area contributed by atoms with Gasteiger partial charge in [0.05, 0.1) is 10.7 Å². The summed E-state index contributed by atoms with van der Waals surface area (Å²) in [5.74, 6) is 0.604. The van der Waals surface area contributed by atoms with Crippen LogP contribution in [0.4, 0.5) is 0 Å². The molecular formula is C19H22N2OS. The SMILES string of the molecule is Cc1nc(-c2ccc(CCNC(=O)CC3C=CCC3)cc2)cs1. The molecule has 23 heavy (non-hydrogen) atoms. The maximum absolute atomic E-state index is 11.9. The number of hydrogen-bond donors (Lipinski definition) is 1. The predicted molar refractivity (Wildman–Crippen MR) is 95.5 cm³/mol. The van der Waals surface area contributed by atoms with Gasteiger partial charge in [-0.05, 0) is 37.7 Å². The lowest BCUT2D eigenvalue weighted by atomic mass is 10.0. The number of carbonyl (C=O) groups is 1. The van der Waals surface area contributed by atoms with Crippen molar-refractivity contribution in [3.63, 3.8) is 0 Å². The first-order valence-corrected chi connectivity index (χ1v) is 9.03. The summed E-state index contributed by atoms with van der Waals surface area (Å²) in [6.45, 7) is 2.72. The Morgan fingerprint density at radius 2 is 2.17 bits per heavy atom. The minimum atomic E-state index is 0.163. The smallest absolute Gasteiger partial charge is 0.220 e. The second kappa shape index (κ2) is 7.55. The molecule has 0 saturated heterocycles. The van der Waals surface area contributed by atoms with E-state index in [4.69, 9.17) is 0 Å². The molecule has 0 radical (unpaired) electrons. The minimum absolute atomic E-state index is 0.163. The normalized spacial score (nSPS) is 16.7. The maximum atomic E-state index is 11.9. The van der Waals surface area contributed by atoms with Crippen LogP contribution in [0.1, 0.15) is 29.8 Å². The van der Waals surface area contributed by atoms with E-state index < -0.39 is 0 Å². The highest BCUT2D eigenvalue weighted by atomic mass is 32.1. The average molecular weight is 326 g/mol. The van der Waals surface area contributed by atoms with Gasteiger partial charge in [0.15, 0.2) is 0 Å². The van der Waals surface area contributed by atoms with E-state index in [0.717, 1.165) is 35.5 Å². The van der Waals surface area contributed by atoms with Crippen LogP contribution >= 0.6 is 11.3 Å². The fraction of sp³-hybridized carbons (Fsp3) is 0.368. The van der Waals surface area contributed by atoms with Crippen molar-refractivity contribution < 1.29 is 4.79 Å². The summed E-state index contributed by atoms with van der Waals surface area (Å²) in [5, 5.41) is 6.20. The maximum Gasteiger partial charge on any atom is 0.220 e. The zero-order valence-electron chi connectivity index (χ0n) is 13.4. The van der Waals surface area contributed by atoms with E-state index in [2.05, 4.69) is 52.1 Å². The Hall–Kier alpha value is -1.94. The summed E-state index contributed by atoms with van der Waals surface area (Å²) in [7, 11) is 0. The summed E-state index contributed by atoms with van der Waals surface area (Å²) in [4.78, 5) is 16.4. The van der Waals surface area contributed by atoms with Gasteiger partial charge >= 0.3 is 0 Å². The highest BCUT2D eigenvalue weighted by Gasteiger charge is 2.13. The highest BCUT2D eigenvalue weighted by molar-refractivity contribution is 7.09. The number of aromatic nitrogens is 1. The van der Waals surface area contributed by atoms with Crippen molar-refractivity contribution in [3.05, 3.63) is 52.4 Å². The molecule has 1 atom stereocenters. The summed E-state index contributed by atoms with van der Waals surface area (Å²) < 4.78 is 0. The quantitative estimate of drug-likeness (QED) is 0.811. The average Bonchev–Trinajstić information content (AvgIpc) is 3.20. The molecular weight excluding hydrogens is 304 g/mol. The number of amides is 1. The van der Waals surface area contributed by atoms with Crippen molar-refractivity contribution >= 4 is 17.2 Å². The number of thiazole rings is 1. The van der Waals surface area contributed by atoms with Crippen molar-refractivity contribution in [2.24, 2.45) is 5.92 Å². The molecule has 0 spiro atoms. The van der Waals surface area contributed by atoms with E-state index in [9.17, 15) is 4.79 Å². The second-order valence-corrected chi connectivity index (χ2v) is 7.08. The molecule has 3 rings (SSSR count). The molecule has 0 aliphatic heterocycles. The lowest BCUT2D eigenvalue weighted by molar-refractivity contribution is -0.121. The van der Waals surface area contributed by atoms with Gasteiger partial charge in [-0.1, -0.05) is 36.4 Å². The van der Waals surface area contributed by atoms with E-state index in [1.54, 1.807) is 11.3 Å². The predicted octanol–water partition coefficient (Wildman–Crippen LogP) is 4.13. The number of nitrogens with one attached hydrogen (secondary N) is 1. The Morgan fingerprint density at radius 3 is 2.83 bits per heavy atom. The van der Waals surface area contributed by atoms with Crippen molar-refractivity contribution in [3.8, 4) is 11.3 Å². The first kappa shape index (κ1) is 15.9. The van der Waals surface area contributed by atoms with Crippen LogP contribution in [0.3, 0.4) is 0 Å². The topological polar surface area (TPSA) is 42.0 Å². The minimum Gasteiger partial charge on any atom is -0.356 e. The molecule has 1 aromatic heterocycles. The van der Waals surface area contributed by atoms with Crippen LogP contribution in [-0.2, 0) is 11.2 Å². The van der Waals surface area contributed by atoms with Crippen molar-refractivity contribution in [1.29, 1.82) is 0 Å². The molecule has 0 bridgehead atoms. The summed E-state index contributed by atoms with van der Waals surface area (Å²) in [6.07, 6.45) is 8.05. The fourth-order valence-corrected chi connectivity index (χ4v) is 3.48. The van der Waals surface area contributed by atoms with E-state index in [1.165, 1.54) is 5.56 Å². The van der Waals surface area contributed by atoms with Gasteiger partial charge in [0, 0.05) is 23.9 Å². The van der Waals surface area contributed by atoms with Gasteiger partial charge in [-0.2, -0.15) is 0 Å². The van der Waals surface area contributed by atoms with E-state index in [1.807, 2.05) is 6.92 Å². The molecule has 0 fully saturated rings. The van der Waals surface area contributed by atoms with Crippen LogP contribution in [0.2, 0.25) is 0 Å². The zero-order chi connectivity index (χ0) is 16.1. The van der Waals surface area contributed by atoms with Crippen molar-refractivity contribution in [2.75, 3.05) is 6.54 Å². The van der Waals surface area contributed by atoms with Crippen LogP contribution in [0, 0.1) is 12.8 Å². The first-order chi connectivity index (χ1) is 11.2. The third-order valence-electron chi connectivity index (χ3n) is 4.16. The molecule has 1 aliphatic carbocycles. The number of nitrogens with zero attached hydrogens (tertiary/aromatic N) is 1. The van der Waals surface area contributed by atoms with Gasteiger partial charge in [0.1, 0.15) is 0 Å². The molecule has 1 aromatic carbocycles. The molecule has 1 amide bonds. The molecule has 1 heterocycles. The lowest BCUT2D eigenvalue weighted by Crippen LogP contribution is -2.26. The first-order valence-electron chi connectivity index (χ1n) is 8.15. The Morgan fingerprint density at radius 1 is 1.35 bits per heavy atom. The monoisotopic (exact) mass is 326 g/mol. The Kier molecular flexibility index (Phi) is 5.23. The molecule has 4 heteroatoms. The number of benzene rings is 1. The van der Waals surface area contributed by atoms with Gasteiger partial charge in [-0.25, -0.2) is 4.98 Å². The summed E-state index contributed by atoms with van der Waals surface area (Å²) >= 11 is 1.67. The highest BCUT2D eigenvalue weighted by Crippen LogP contribution is 2.22. The standard InChI is InChI=1S/C19H22N2OS/c1-14-21-18(13-23-14)17-8-6-15(7-9-17)10-11-20-19(22)12-16-4-2-3-5-16/h2,4,6-9,13,16H,3,5,10-12H2,1H3,(H,20,22). The zero-order valence-corrected chi connectivity index (χ0v) is 14.2. The molecule has 120 valence electrons. The summed E-state index contributed by atoms with van der Waals surface area (Å²) in [6, 6.07) is 8.45. The number of hydrogen-bond acceptors (Lipinski definition) is 3. The van der Waals surface area contributed by atoms with Crippen LogP contribution in [-0.4, -0.2) is 17.4 Å². The van der Waals surface area contributed by atoms with Crippen molar-refractivity contribution in [1.82, 2.24) is 10.3 Å². The van der Waals surface area contributed by atoms with Crippen LogP contribution in [0.15, 0.2) is 41.8 Å². The molecule has 1 unspecified atom stereocenters. The number of allylic oxidation sites excluding steroid dienone is 2. The third kappa shape index (κ3) is 4.52. The Bertz CT molecular complexity index is 688.